The summed E-state index contributed by atoms with van der Waals surface area (Å²) in [5.74, 6) is 0. The fraction of sp³-hybridized carbons (Fsp3) is 0.600. The number of benzene rings is 1. The number of nitrogens with two attached hydrogens (primary N) is 1. The molecule has 100 valence electrons. The summed E-state index contributed by atoms with van der Waals surface area (Å²) in [7, 11) is 0. The predicted molar refractivity (Wildman–Crippen MR) is 81.5 cm³/mol. The van der Waals surface area contributed by atoms with Crippen molar-refractivity contribution in [1.82, 2.24) is 4.90 Å². The zero-order chi connectivity index (χ0) is 13.0. The first kappa shape index (κ1) is 13.9. The minimum Gasteiger partial charge on any atom is -0.398 e. The number of nitrogens with zero attached hydrogens (tertiary/aromatic N) is 1. The predicted octanol–water partition coefficient (Wildman–Crippen LogP) is 4.19. The van der Waals surface area contributed by atoms with Crippen molar-refractivity contribution in [3.05, 3.63) is 28.2 Å². The van der Waals surface area contributed by atoms with Gasteiger partial charge < -0.3 is 5.73 Å². The second kappa shape index (κ2) is 6.58. The van der Waals surface area contributed by atoms with Gasteiger partial charge in [0.1, 0.15) is 0 Å². The lowest BCUT2D eigenvalue weighted by Gasteiger charge is -2.33. The first-order valence-corrected chi connectivity index (χ1v) is 7.78. The van der Waals surface area contributed by atoms with E-state index in [-0.39, 0.29) is 0 Å². The summed E-state index contributed by atoms with van der Waals surface area (Å²) in [5, 5.41) is 0. The Hall–Kier alpha value is -0.540. The van der Waals surface area contributed by atoms with E-state index in [0.29, 0.717) is 0 Å². The van der Waals surface area contributed by atoms with E-state index in [1.54, 1.807) is 0 Å². The van der Waals surface area contributed by atoms with Crippen molar-refractivity contribution < 1.29 is 0 Å². The molecule has 2 nitrogen and oxygen atoms in total. The molecule has 0 bridgehead atoms. The summed E-state index contributed by atoms with van der Waals surface area (Å²) in [4.78, 5) is 2.61. The molecule has 1 aromatic rings. The summed E-state index contributed by atoms with van der Waals surface area (Å²) in [5.41, 5.74) is 8.00. The topological polar surface area (TPSA) is 29.3 Å². The highest BCUT2D eigenvalue weighted by molar-refractivity contribution is 9.10. The molecule has 0 amide bonds. The van der Waals surface area contributed by atoms with Crippen LogP contribution in [0, 0.1) is 0 Å². The molecule has 3 heteroatoms. The van der Waals surface area contributed by atoms with E-state index in [9.17, 15) is 0 Å². The van der Waals surface area contributed by atoms with Gasteiger partial charge in [-0.2, -0.15) is 0 Å². The molecule has 18 heavy (non-hydrogen) atoms. The quantitative estimate of drug-likeness (QED) is 0.845. The second-order valence-electron chi connectivity index (χ2n) is 5.21. The van der Waals surface area contributed by atoms with Crippen LogP contribution < -0.4 is 5.73 Å². The Morgan fingerprint density at radius 3 is 2.61 bits per heavy atom. The molecule has 0 saturated heterocycles. The van der Waals surface area contributed by atoms with E-state index in [0.717, 1.165) is 29.3 Å². The van der Waals surface area contributed by atoms with Crippen LogP contribution in [0.1, 0.15) is 44.6 Å². The van der Waals surface area contributed by atoms with Crippen LogP contribution in [0.25, 0.3) is 0 Å². The molecule has 0 heterocycles. The molecular weight excluding hydrogens is 288 g/mol. The molecular formula is C15H23BrN2. The van der Waals surface area contributed by atoms with E-state index >= 15 is 0 Å². The van der Waals surface area contributed by atoms with Gasteiger partial charge in [0, 0.05) is 22.7 Å². The maximum atomic E-state index is 5.83. The minimum absolute atomic E-state index is 0.778. The average molecular weight is 311 g/mol. The van der Waals surface area contributed by atoms with E-state index in [1.165, 1.54) is 37.7 Å². The van der Waals surface area contributed by atoms with Crippen LogP contribution in [0.15, 0.2) is 22.7 Å². The highest BCUT2D eigenvalue weighted by Gasteiger charge is 2.19. The fourth-order valence-corrected chi connectivity index (χ4v) is 3.27. The van der Waals surface area contributed by atoms with Crippen molar-refractivity contribution in [2.45, 2.75) is 51.6 Å². The maximum Gasteiger partial charge on any atom is 0.0458 e. The lowest BCUT2D eigenvalue weighted by atomic mass is 9.94. The molecule has 0 aliphatic heterocycles. The first-order valence-electron chi connectivity index (χ1n) is 6.98. The molecule has 0 atom stereocenters. The highest BCUT2D eigenvalue weighted by Crippen LogP contribution is 2.26. The van der Waals surface area contributed by atoms with Crippen molar-refractivity contribution in [1.29, 1.82) is 0 Å². The minimum atomic E-state index is 0.778. The molecule has 1 saturated carbocycles. The van der Waals surface area contributed by atoms with E-state index < -0.39 is 0 Å². The lowest BCUT2D eigenvalue weighted by Crippen LogP contribution is -2.36. The largest absolute Gasteiger partial charge is 0.398 e. The highest BCUT2D eigenvalue weighted by atomic mass is 79.9. The van der Waals surface area contributed by atoms with E-state index in [4.69, 9.17) is 5.73 Å². The normalized spacial score (nSPS) is 17.3. The Morgan fingerprint density at radius 1 is 1.28 bits per heavy atom. The van der Waals surface area contributed by atoms with Gasteiger partial charge in [-0.1, -0.05) is 32.3 Å². The van der Waals surface area contributed by atoms with Gasteiger partial charge in [-0.15, -0.1) is 0 Å². The number of hydrogen-bond acceptors (Lipinski definition) is 2. The first-order chi connectivity index (χ1) is 8.70. The molecule has 2 N–H and O–H groups in total. The second-order valence-corrected chi connectivity index (χ2v) is 6.07. The third kappa shape index (κ3) is 3.48. The number of anilines is 1. The average Bonchev–Trinajstić information content (AvgIpc) is 2.41. The molecule has 1 fully saturated rings. The van der Waals surface area contributed by atoms with Crippen LogP contribution in [-0.2, 0) is 6.54 Å². The smallest absolute Gasteiger partial charge is 0.0458 e. The number of hydrogen-bond donors (Lipinski definition) is 1. The van der Waals surface area contributed by atoms with Crippen molar-refractivity contribution in [2.75, 3.05) is 12.3 Å². The molecule has 0 radical (unpaired) electrons. The Bertz CT molecular complexity index is 386. The lowest BCUT2D eigenvalue weighted by molar-refractivity contribution is 0.156. The number of nitrogen functional groups attached to an aromatic ring is 1. The number of rotatable bonds is 4. The summed E-state index contributed by atoms with van der Waals surface area (Å²) in [6.07, 6.45) is 6.94. The Kier molecular flexibility index (Phi) is 5.07. The summed E-state index contributed by atoms with van der Waals surface area (Å²) in [6, 6.07) is 7.07. The van der Waals surface area contributed by atoms with E-state index in [2.05, 4.69) is 39.9 Å². The van der Waals surface area contributed by atoms with Crippen LogP contribution in [0.4, 0.5) is 5.69 Å². The van der Waals surface area contributed by atoms with Gasteiger partial charge in [-0.3, -0.25) is 4.90 Å². The van der Waals surface area contributed by atoms with Crippen LogP contribution in [0.2, 0.25) is 0 Å². The molecule has 0 unspecified atom stereocenters. The van der Waals surface area contributed by atoms with Gasteiger partial charge in [-0.25, -0.2) is 0 Å². The van der Waals surface area contributed by atoms with Gasteiger partial charge in [0.05, 0.1) is 0 Å². The van der Waals surface area contributed by atoms with Gasteiger partial charge in [0.25, 0.3) is 0 Å². The molecule has 1 aliphatic carbocycles. The van der Waals surface area contributed by atoms with Crippen LogP contribution in [-0.4, -0.2) is 17.5 Å². The van der Waals surface area contributed by atoms with Crippen molar-refractivity contribution in [3.8, 4) is 0 Å². The standard InChI is InChI=1S/C15H23BrN2/c1-2-18(13-6-4-3-5-7-13)11-12-8-9-15(17)14(16)10-12/h8-10,13H,2-7,11,17H2,1H3. The summed E-state index contributed by atoms with van der Waals surface area (Å²) in [6.45, 7) is 4.44. The molecule has 1 aliphatic rings. The molecule has 1 aromatic carbocycles. The van der Waals surface area contributed by atoms with Crippen molar-refractivity contribution in [2.24, 2.45) is 0 Å². The zero-order valence-corrected chi connectivity index (χ0v) is 12.7. The Labute approximate surface area is 119 Å². The summed E-state index contributed by atoms with van der Waals surface area (Å²) < 4.78 is 1.01. The van der Waals surface area contributed by atoms with Crippen LogP contribution in [0.3, 0.4) is 0 Å². The van der Waals surface area contributed by atoms with Gasteiger partial charge in [0.2, 0.25) is 0 Å². The third-order valence-corrected chi connectivity index (χ3v) is 4.63. The monoisotopic (exact) mass is 310 g/mol. The maximum absolute atomic E-state index is 5.83. The van der Waals surface area contributed by atoms with Crippen molar-refractivity contribution >= 4 is 21.6 Å². The van der Waals surface area contributed by atoms with Crippen LogP contribution in [0.5, 0.6) is 0 Å². The molecule has 0 spiro atoms. The van der Waals surface area contributed by atoms with Gasteiger partial charge >= 0.3 is 0 Å². The fourth-order valence-electron chi connectivity index (χ4n) is 2.85. The number of halogens is 1. The molecule has 2 rings (SSSR count). The van der Waals surface area contributed by atoms with Crippen LogP contribution >= 0.6 is 15.9 Å². The van der Waals surface area contributed by atoms with Gasteiger partial charge in [0.15, 0.2) is 0 Å². The third-order valence-electron chi connectivity index (χ3n) is 3.95. The van der Waals surface area contributed by atoms with E-state index in [1.807, 2.05) is 6.07 Å². The van der Waals surface area contributed by atoms with Crippen molar-refractivity contribution in [3.63, 3.8) is 0 Å². The summed E-state index contributed by atoms with van der Waals surface area (Å²) >= 11 is 3.51. The zero-order valence-electron chi connectivity index (χ0n) is 11.2. The molecule has 0 aromatic heterocycles. The van der Waals surface area contributed by atoms with Gasteiger partial charge in [-0.05, 0) is 53.0 Å². The Balaban J connectivity index is 2.02. The Morgan fingerprint density at radius 2 is 2.00 bits per heavy atom. The SMILES string of the molecule is CCN(Cc1ccc(N)c(Br)c1)C1CCCCC1.